The number of nitrogens with zero attached hydrogens (tertiary/aromatic N) is 2. The summed E-state index contributed by atoms with van der Waals surface area (Å²) in [6.07, 6.45) is 9.42. The van der Waals surface area contributed by atoms with Crippen molar-refractivity contribution >= 4 is 11.0 Å². The number of hydrogen-bond acceptors (Lipinski definition) is 3. The summed E-state index contributed by atoms with van der Waals surface area (Å²) in [4.78, 5) is 10.3. The molecule has 2 aliphatic rings. The molecule has 2 saturated heterocycles. The Morgan fingerprint density at radius 1 is 1.24 bits per heavy atom. The van der Waals surface area contributed by atoms with Crippen molar-refractivity contribution < 1.29 is 0 Å². The van der Waals surface area contributed by atoms with E-state index in [1.165, 1.54) is 56.3 Å². The first kappa shape index (κ1) is 13.3. The fraction of sp³-hybridized carbons (Fsp3) is 0.588. The lowest BCUT2D eigenvalue weighted by molar-refractivity contribution is 0.158. The number of rotatable bonds is 3. The van der Waals surface area contributed by atoms with Crippen LogP contribution in [-0.4, -0.2) is 40.5 Å². The highest BCUT2D eigenvalue weighted by molar-refractivity contribution is 5.79. The van der Waals surface area contributed by atoms with E-state index in [1.807, 2.05) is 12.3 Å². The zero-order valence-corrected chi connectivity index (χ0v) is 12.5. The van der Waals surface area contributed by atoms with Gasteiger partial charge in [0, 0.05) is 30.4 Å². The number of aromatic amines is 1. The Morgan fingerprint density at radius 2 is 2.14 bits per heavy atom. The number of nitrogens with one attached hydrogen (secondary N) is 2. The molecule has 1 unspecified atom stereocenters. The van der Waals surface area contributed by atoms with Crippen LogP contribution in [0, 0.1) is 5.92 Å². The highest BCUT2D eigenvalue weighted by Gasteiger charge is 2.28. The van der Waals surface area contributed by atoms with Crippen molar-refractivity contribution in [3.8, 4) is 0 Å². The highest BCUT2D eigenvalue weighted by Crippen LogP contribution is 2.27. The molecule has 112 valence electrons. The third-order valence-corrected chi connectivity index (χ3v) is 5.23. The maximum absolute atomic E-state index is 4.38. The number of likely N-dealkylation sites (tertiary alicyclic amines) is 1. The highest BCUT2D eigenvalue weighted by atomic mass is 15.1. The van der Waals surface area contributed by atoms with Crippen LogP contribution in [-0.2, 0) is 6.54 Å². The van der Waals surface area contributed by atoms with Crippen LogP contribution in [0.4, 0.5) is 0 Å². The van der Waals surface area contributed by atoms with Crippen molar-refractivity contribution in [3.63, 3.8) is 0 Å². The van der Waals surface area contributed by atoms with Crippen LogP contribution in [0.25, 0.3) is 11.0 Å². The topological polar surface area (TPSA) is 44.0 Å². The molecule has 0 aliphatic carbocycles. The normalized spacial score (nSPS) is 24.9. The van der Waals surface area contributed by atoms with E-state index >= 15 is 0 Å². The number of fused-ring (bicyclic) bond motifs is 1. The van der Waals surface area contributed by atoms with Gasteiger partial charge >= 0.3 is 0 Å². The summed E-state index contributed by atoms with van der Waals surface area (Å²) in [5.74, 6) is 0.897. The van der Waals surface area contributed by atoms with E-state index in [0.29, 0.717) is 0 Å². The van der Waals surface area contributed by atoms with Gasteiger partial charge in [0.1, 0.15) is 5.65 Å². The molecule has 2 aromatic heterocycles. The van der Waals surface area contributed by atoms with E-state index in [0.717, 1.165) is 24.2 Å². The minimum atomic E-state index is 0.796. The molecule has 1 atom stereocenters. The quantitative estimate of drug-likeness (QED) is 0.910. The zero-order chi connectivity index (χ0) is 14.1. The second kappa shape index (κ2) is 5.78. The monoisotopic (exact) mass is 284 g/mol. The largest absolute Gasteiger partial charge is 0.346 e. The molecule has 0 saturated carbocycles. The molecule has 0 amide bonds. The third kappa shape index (κ3) is 2.70. The number of aromatic nitrogens is 2. The zero-order valence-electron chi connectivity index (χ0n) is 12.5. The molecule has 2 aliphatic heterocycles. The standard InChI is InChI=1S/C17H24N4/c1-3-15-14(11-20-17(15)19-8-1)12-21-9-5-13(6-10-21)16-4-2-7-18-16/h1,3,8,11,13,16,18H,2,4-7,9-10,12H2,(H,19,20). The minimum absolute atomic E-state index is 0.796. The Hall–Kier alpha value is -1.39. The Balaban J connectivity index is 1.38. The van der Waals surface area contributed by atoms with Gasteiger partial charge in [-0.1, -0.05) is 0 Å². The number of pyridine rings is 1. The lowest BCUT2D eigenvalue weighted by atomic mass is 9.88. The molecule has 2 fully saturated rings. The number of hydrogen-bond donors (Lipinski definition) is 2. The van der Waals surface area contributed by atoms with Gasteiger partial charge in [-0.05, 0) is 68.9 Å². The average molecular weight is 284 g/mol. The molecule has 0 bridgehead atoms. The molecule has 4 heteroatoms. The van der Waals surface area contributed by atoms with Gasteiger partial charge in [0.15, 0.2) is 0 Å². The van der Waals surface area contributed by atoms with Gasteiger partial charge in [-0.3, -0.25) is 4.90 Å². The summed E-state index contributed by atoms with van der Waals surface area (Å²) in [6, 6.07) is 4.99. The van der Waals surface area contributed by atoms with E-state index < -0.39 is 0 Å². The van der Waals surface area contributed by atoms with E-state index in [4.69, 9.17) is 0 Å². The van der Waals surface area contributed by atoms with Crippen LogP contribution in [0.5, 0.6) is 0 Å². The molecule has 4 heterocycles. The molecule has 0 spiro atoms. The molecule has 0 aromatic carbocycles. The van der Waals surface area contributed by atoms with Gasteiger partial charge in [-0.2, -0.15) is 0 Å². The van der Waals surface area contributed by atoms with Crippen molar-refractivity contribution in [2.75, 3.05) is 19.6 Å². The third-order valence-electron chi connectivity index (χ3n) is 5.23. The Bertz CT molecular complexity index is 592. The van der Waals surface area contributed by atoms with Crippen LogP contribution in [0.1, 0.15) is 31.2 Å². The molecule has 4 nitrogen and oxygen atoms in total. The molecular weight excluding hydrogens is 260 g/mol. The van der Waals surface area contributed by atoms with E-state index in [9.17, 15) is 0 Å². The van der Waals surface area contributed by atoms with Crippen molar-refractivity contribution in [1.82, 2.24) is 20.2 Å². The first-order valence-corrected chi connectivity index (χ1v) is 8.27. The fourth-order valence-electron chi connectivity index (χ4n) is 4.01. The first-order valence-electron chi connectivity index (χ1n) is 8.27. The summed E-state index contributed by atoms with van der Waals surface area (Å²) in [6.45, 7) is 4.75. The maximum atomic E-state index is 4.38. The molecule has 2 aromatic rings. The SMILES string of the molecule is c1cnc2[nH]cc(CN3CCC(C4CCCN4)CC3)c2c1. The van der Waals surface area contributed by atoms with Gasteiger partial charge < -0.3 is 10.3 Å². The summed E-state index contributed by atoms with van der Waals surface area (Å²) in [5, 5.41) is 4.95. The van der Waals surface area contributed by atoms with Crippen LogP contribution in [0.2, 0.25) is 0 Å². The Labute approximate surface area is 125 Å². The number of piperidine rings is 1. The molecular formula is C17H24N4. The van der Waals surface area contributed by atoms with Crippen molar-refractivity contribution in [2.45, 2.75) is 38.3 Å². The lowest BCUT2D eigenvalue weighted by Crippen LogP contribution is -2.40. The van der Waals surface area contributed by atoms with Crippen LogP contribution < -0.4 is 5.32 Å². The average Bonchev–Trinajstić information content (AvgIpc) is 3.19. The molecule has 21 heavy (non-hydrogen) atoms. The molecule has 2 N–H and O–H groups in total. The fourth-order valence-corrected chi connectivity index (χ4v) is 4.01. The van der Waals surface area contributed by atoms with Gasteiger partial charge in [0.25, 0.3) is 0 Å². The number of H-pyrrole nitrogens is 1. The summed E-state index contributed by atoms with van der Waals surface area (Å²) < 4.78 is 0. The maximum Gasteiger partial charge on any atom is 0.137 e. The summed E-state index contributed by atoms with van der Waals surface area (Å²) in [7, 11) is 0. The summed E-state index contributed by atoms with van der Waals surface area (Å²) in [5.41, 5.74) is 2.40. The van der Waals surface area contributed by atoms with E-state index in [-0.39, 0.29) is 0 Å². The van der Waals surface area contributed by atoms with Gasteiger partial charge in [0.05, 0.1) is 0 Å². The van der Waals surface area contributed by atoms with E-state index in [2.05, 4.69) is 32.4 Å². The first-order chi connectivity index (χ1) is 10.4. The summed E-state index contributed by atoms with van der Waals surface area (Å²) >= 11 is 0. The van der Waals surface area contributed by atoms with Crippen molar-refractivity contribution in [1.29, 1.82) is 0 Å². The van der Waals surface area contributed by atoms with Gasteiger partial charge in [0.2, 0.25) is 0 Å². The van der Waals surface area contributed by atoms with E-state index in [1.54, 1.807) is 0 Å². The second-order valence-corrected chi connectivity index (χ2v) is 6.53. The van der Waals surface area contributed by atoms with Crippen molar-refractivity contribution in [2.24, 2.45) is 5.92 Å². The molecule has 4 rings (SSSR count). The van der Waals surface area contributed by atoms with Crippen LogP contribution in [0.3, 0.4) is 0 Å². The Kier molecular flexibility index (Phi) is 3.65. The second-order valence-electron chi connectivity index (χ2n) is 6.53. The predicted octanol–water partition coefficient (Wildman–Crippen LogP) is 2.53. The van der Waals surface area contributed by atoms with Gasteiger partial charge in [-0.25, -0.2) is 4.98 Å². The lowest BCUT2D eigenvalue weighted by Gasteiger charge is -2.34. The van der Waals surface area contributed by atoms with Crippen molar-refractivity contribution in [3.05, 3.63) is 30.1 Å². The molecule has 0 radical (unpaired) electrons. The van der Waals surface area contributed by atoms with Crippen LogP contribution >= 0.6 is 0 Å². The Morgan fingerprint density at radius 3 is 2.95 bits per heavy atom. The minimum Gasteiger partial charge on any atom is -0.346 e. The van der Waals surface area contributed by atoms with Crippen LogP contribution in [0.15, 0.2) is 24.5 Å². The predicted molar refractivity (Wildman–Crippen MR) is 85.1 cm³/mol. The smallest absolute Gasteiger partial charge is 0.137 e. The van der Waals surface area contributed by atoms with Gasteiger partial charge in [-0.15, -0.1) is 0 Å².